The molecule has 9 nitrogen and oxygen atoms in total. The number of nitrogens with one attached hydrogen (secondary N) is 3. The lowest BCUT2D eigenvalue weighted by molar-refractivity contribution is 0.475. The van der Waals surface area contributed by atoms with Gasteiger partial charge in [0.05, 0.1) is 0 Å². The quantitative estimate of drug-likeness (QED) is 0.345. The van der Waals surface area contributed by atoms with Crippen LogP contribution in [0.2, 0.25) is 0 Å². The molecule has 0 unspecified atom stereocenters. The standard InChI is InChI=1S/C25H26N8O/c1-17-2-7-20(34)16-21(17)24-27-10-8-22(31-24)30-23-9-11-28-25(32-23)29-18-3-5-19(6-4-18)33-14-12-26-13-15-33/h2-11,16,26,34H,12-15H2,1H3,(H2,27,28,29,30,31,32). The van der Waals surface area contributed by atoms with Crippen molar-refractivity contribution in [2.24, 2.45) is 0 Å². The summed E-state index contributed by atoms with van der Waals surface area (Å²) >= 11 is 0. The van der Waals surface area contributed by atoms with Crippen LogP contribution in [0.5, 0.6) is 5.75 Å². The van der Waals surface area contributed by atoms with Crippen LogP contribution in [0.4, 0.5) is 29.0 Å². The highest BCUT2D eigenvalue weighted by molar-refractivity contribution is 5.65. The first-order chi connectivity index (χ1) is 16.6. The van der Waals surface area contributed by atoms with Gasteiger partial charge < -0.3 is 26.0 Å². The summed E-state index contributed by atoms with van der Waals surface area (Å²) in [5, 5.41) is 19.7. The van der Waals surface area contributed by atoms with Crippen LogP contribution in [0.15, 0.2) is 67.0 Å². The molecule has 0 atom stereocenters. The average Bonchev–Trinajstić information content (AvgIpc) is 2.87. The van der Waals surface area contributed by atoms with E-state index in [2.05, 4.69) is 52.9 Å². The summed E-state index contributed by atoms with van der Waals surface area (Å²) < 4.78 is 0. The molecule has 0 bridgehead atoms. The summed E-state index contributed by atoms with van der Waals surface area (Å²) in [7, 11) is 0. The van der Waals surface area contributed by atoms with Crippen molar-refractivity contribution in [1.82, 2.24) is 25.3 Å². The van der Waals surface area contributed by atoms with E-state index in [0.717, 1.165) is 43.0 Å². The predicted molar refractivity (Wildman–Crippen MR) is 134 cm³/mol. The largest absolute Gasteiger partial charge is 0.508 e. The number of anilines is 5. The van der Waals surface area contributed by atoms with Crippen LogP contribution in [0.1, 0.15) is 5.56 Å². The molecule has 0 amide bonds. The third-order valence-corrected chi connectivity index (χ3v) is 5.63. The van der Waals surface area contributed by atoms with E-state index in [4.69, 9.17) is 0 Å². The van der Waals surface area contributed by atoms with Crippen LogP contribution in [-0.4, -0.2) is 51.2 Å². The first-order valence-electron chi connectivity index (χ1n) is 11.2. The Labute approximate surface area is 198 Å². The van der Waals surface area contributed by atoms with Gasteiger partial charge in [0.1, 0.15) is 17.4 Å². The van der Waals surface area contributed by atoms with E-state index in [1.54, 1.807) is 36.7 Å². The predicted octanol–water partition coefficient (Wildman–Crippen LogP) is 3.84. The number of piperazine rings is 1. The van der Waals surface area contributed by atoms with Gasteiger partial charge in [0, 0.05) is 55.5 Å². The molecular formula is C25H26N8O. The Kier molecular flexibility index (Phi) is 6.17. The highest BCUT2D eigenvalue weighted by Crippen LogP contribution is 2.26. The maximum Gasteiger partial charge on any atom is 0.229 e. The number of benzene rings is 2. The Morgan fingerprint density at radius 1 is 0.853 bits per heavy atom. The topological polar surface area (TPSA) is 111 Å². The van der Waals surface area contributed by atoms with Gasteiger partial charge in [-0.3, -0.25) is 0 Å². The summed E-state index contributed by atoms with van der Waals surface area (Å²) in [5.74, 6) is 2.38. The summed E-state index contributed by atoms with van der Waals surface area (Å²) in [6.07, 6.45) is 3.36. The second kappa shape index (κ2) is 9.72. The number of phenolic OH excluding ortho intramolecular Hbond substituents is 1. The molecule has 1 aliphatic heterocycles. The average molecular weight is 455 g/mol. The van der Waals surface area contributed by atoms with Gasteiger partial charge in [-0.1, -0.05) is 6.07 Å². The van der Waals surface area contributed by atoms with Gasteiger partial charge in [0.25, 0.3) is 0 Å². The minimum absolute atomic E-state index is 0.176. The van der Waals surface area contributed by atoms with Crippen LogP contribution in [0.25, 0.3) is 11.4 Å². The highest BCUT2D eigenvalue weighted by atomic mass is 16.3. The van der Waals surface area contributed by atoms with E-state index >= 15 is 0 Å². The van der Waals surface area contributed by atoms with Crippen LogP contribution in [-0.2, 0) is 0 Å². The van der Waals surface area contributed by atoms with E-state index in [9.17, 15) is 5.11 Å². The summed E-state index contributed by atoms with van der Waals surface area (Å²) in [6.45, 7) is 6.00. The Bertz CT molecular complexity index is 1270. The molecule has 0 saturated carbocycles. The number of aromatic nitrogens is 4. The van der Waals surface area contributed by atoms with Crippen molar-refractivity contribution in [3.8, 4) is 17.1 Å². The summed E-state index contributed by atoms with van der Waals surface area (Å²) in [5.41, 5.74) is 3.88. The van der Waals surface area contributed by atoms with E-state index in [1.807, 2.05) is 25.1 Å². The maximum absolute atomic E-state index is 9.84. The Balaban J connectivity index is 1.29. The molecule has 3 heterocycles. The molecule has 0 aliphatic carbocycles. The molecule has 1 fully saturated rings. The second-order valence-electron chi connectivity index (χ2n) is 8.06. The Morgan fingerprint density at radius 2 is 1.59 bits per heavy atom. The van der Waals surface area contributed by atoms with Crippen molar-refractivity contribution < 1.29 is 5.11 Å². The molecular weight excluding hydrogens is 428 g/mol. The molecule has 2 aromatic carbocycles. The molecule has 0 spiro atoms. The lowest BCUT2D eigenvalue weighted by Gasteiger charge is -2.29. The SMILES string of the molecule is Cc1ccc(O)cc1-c1nccc(Nc2ccnc(Nc3ccc(N4CCNCC4)cc3)n2)n1. The lowest BCUT2D eigenvalue weighted by atomic mass is 10.1. The van der Waals surface area contributed by atoms with Crippen LogP contribution in [0.3, 0.4) is 0 Å². The van der Waals surface area contributed by atoms with Crippen LogP contribution < -0.4 is 20.9 Å². The van der Waals surface area contributed by atoms with E-state index in [0.29, 0.717) is 23.4 Å². The molecule has 1 aliphatic rings. The van der Waals surface area contributed by atoms with Crippen molar-refractivity contribution in [3.63, 3.8) is 0 Å². The second-order valence-corrected chi connectivity index (χ2v) is 8.06. The first-order valence-corrected chi connectivity index (χ1v) is 11.2. The number of hydrogen-bond donors (Lipinski definition) is 4. The van der Waals surface area contributed by atoms with Crippen molar-refractivity contribution in [2.75, 3.05) is 41.7 Å². The van der Waals surface area contributed by atoms with Gasteiger partial charge >= 0.3 is 0 Å². The molecule has 172 valence electrons. The smallest absolute Gasteiger partial charge is 0.229 e. The molecule has 34 heavy (non-hydrogen) atoms. The van der Waals surface area contributed by atoms with E-state index < -0.39 is 0 Å². The summed E-state index contributed by atoms with van der Waals surface area (Å²) in [6, 6.07) is 17.0. The number of hydrogen-bond acceptors (Lipinski definition) is 9. The van der Waals surface area contributed by atoms with Gasteiger partial charge in [-0.25, -0.2) is 15.0 Å². The molecule has 4 N–H and O–H groups in total. The molecule has 4 aromatic rings. The molecule has 1 saturated heterocycles. The Hall–Kier alpha value is -4.24. The number of aryl methyl sites for hydroxylation is 1. The van der Waals surface area contributed by atoms with Gasteiger partial charge in [-0.2, -0.15) is 4.98 Å². The maximum atomic E-state index is 9.84. The third kappa shape index (κ3) is 5.05. The molecule has 0 radical (unpaired) electrons. The van der Waals surface area contributed by atoms with Gasteiger partial charge in [0.15, 0.2) is 5.82 Å². The number of nitrogens with zero attached hydrogens (tertiary/aromatic N) is 5. The third-order valence-electron chi connectivity index (χ3n) is 5.63. The highest BCUT2D eigenvalue weighted by Gasteiger charge is 2.11. The van der Waals surface area contributed by atoms with Crippen molar-refractivity contribution in [2.45, 2.75) is 6.92 Å². The number of phenols is 1. The zero-order chi connectivity index (χ0) is 23.3. The lowest BCUT2D eigenvalue weighted by Crippen LogP contribution is -2.43. The minimum atomic E-state index is 0.176. The molecule has 9 heteroatoms. The monoisotopic (exact) mass is 454 g/mol. The van der Waals surface area contributed by atoms with Crippen LogP contribution >= 0.6 is 0 Å². The Morgan fingerprint density at radius 3 is 2.38 bits per heavy atom. The fraction of sp³-hybridized carbons (Fsp3) is 0.200. The van der Waals surface area contributed by atoms with Crippen molar-refractivity contribution in [1.29, 1.82) is 0 Å². The number of rotatable bonds is 6. The van der Waals surface area contributed by atoms with Gasteiger partial charge in [-0.15, -0.1) is 0 Å². The summed E-state index contributed by atoms with van der Waals surface area (Å²) in [4.78, 5) is 20.2. The van der Waals surface area contributed by atoms with E-state index in [-0.39, 0.29) is 5.75 Å². The fourth-order valence-electron chi connectivity index (χ4n) is 3.84. The van der Waals surface area contributed by atoms with Crippen molar-refractivity contribution in [3.05, 3.63) is 72.6 Å². The van der Waals surface area contributed by atoms with Gasteiger partial charge in [-0.05, 0) is 61.0 Å². The van der Waals surface area contributed by atoms with E-state index in [1.165, 1.54) is 5.69 Å². The minimum Gasteiger partial charge on any atom is -0.508 e. The fourth-order valence-corrected chi connectivity index (χ4v) is 3.84. The number of aromatic hydroxyl groups is 1. The van der Waals surface area contributed by atoms with Gasteiger partial charge in [0.2, 0.25) is 5.95 Å². The first kappa shape index (κ1) is 21.6. The normalized spacial score (nSPS) is 13.5. The van der Waals surface area contributed by atoms with Crippen LogP contribution in [0, 0.1) is 6.92 Å². The molecule has 2 aromatic heterocycles. The zero-order valence-corrected chi connectivity index (χ0v) is 18.9. The molecule has 5 rings (SSSR count). The van der Waals surface area contributed by atoms with Crippen molar-refractivity contribution >= 4 is 29.0 Å². The zero-order valence-electron chi connectivity index (χ0n) is 18.9.